The first-order chi connectivity index (χ1) is 10.2. The maximum Gasteiger partial charge on any atom is 0.254 e. The van der Waals surface area contributed by atoms with Gasteiger partial charge < -0.3 is 15.4 Å². The van der Waals surface area contributed by atoms with Crippen molar-refractivity contribution in [3.63, 3.8) is 0 Å². The van der Waals surface area contributed by atoms with Crippen molar-refractivity contribution in [2.45, 2.75) is 6.10 Å². The van der Waals surface area contributed by atoms with Gasteiger partial charge in [-0.2, -0.15) is 5.10 Å². The Morgan fingerprint density at radius 3 is 3.00 bits per heavy atom. The number of aromatic nitrogens is 3. The minimum atomic E-state index is -0.559. The Kier molecular flexibility index (Phi) is 5.42. The van der Waals surface area contributed by atoms with E-state index in [1.54, 1.807) is 6.07 Å². The minimum absolute atomic E-state index is 0. The Morgan fingerprint density at radius 2 is 2.36 bits per heavy atom. The zero-order chi connectivity index (χ0) is 14.7. The van der Waals surface area contributed by atoms with Gasteiger partial charge in [-0.3, -0.25) is 4.79 Å². The summed E-state index contributed by atoms with van der Waals surface area (Å²) in [6.45, 7) is 1.66. The van der Waals surface area contributed by atoms with E-state index >= 15 is 0 Å². The molecule has 1 aromatic carbocycles. The molecule has 7 nitrogen and oxygen atoms in total. The number of carbonyl (C=O) groups is 1. The van der Waals surface area contributed by atoms with E-state index in [0.717, 1.165) is 6.54 Å². The van der Waals surface area contributed by atoms with Gasteiger partial charge in [0.2, 0.25) is 0 Å². The van der Waals surface area contributed by atoms with Crippen LogP contribution in [0.1, 0.15) is 0 Å². The number of morpholine rings is 1. The molecule has 118 valence electrons. The van der Waals surface area contributed by atoms with Gasteiger partial charge in [-0.05, 0) is 18.2 Å². The van der Waals surface area contributed by atoms with Gasteiger partial charge in [-0.1, -0.05) is 0 Å². The minimum Gasteiger partial charge on any atom is -0.366 e. The quantitative estimate of drug-likeness (QED) is 0.869. The van der Waals surface area contributed by atoms with Crippen molar-refractivity contribution in [3.8, 4) is 5.69 Å². The predicted molar refractivity (Wildman–Crippen MR) is 79.8 cm³/mol. The molecule has 1 amide bonds. The van der Waals surface area contributed by atoms with Gasteiger partial charge in [-0.15, -0.1) is 12.4 Å². The van der Waals surface area contributed by atoms with Crippen molar-refractivity contribution in [1.82, 2.24) is 20.1 Å². The van der Waals surface area contributed by atoms with Crippen LogP contribution in [0, 0.1) is 5.82 Å². The van der Waals surface area contributed by atoms with Crippen LogP contribution in [0.2, 0.25) is 0 Å². The van der Waals surface area contributed by atoms with E-state index in [1.807, 2.05) is 0 Å². The van der Waals surface area contributed by atoms with Crippen molar-refractivity contribution in [2.75, 3.05) is 25.0 Å². The molecule has 0 unspecified atom stereocenters. The van der Waals surface area contributed by atoms with Gasteiger partial charge in [0.25, 0.3) is 5.91 Å². The molecule has 1 aromatic heterocycles. The summed E-state index contributed by atoms with van der Waals surface area (Å²) in [5.41, 5.74) is 0.636. The fourth-order valence-corrected chi connectivity index (χ4v) is 2.06. The van der Waals surface area contributed by atoms with Gasteiger partial charge in [-0.25, -0.2) is 14.1 Å². The van der Waals surface area contributed by atoms with E-state index in [9.17, 15) is 9.18 Å². The molecule has 1 fully saturated rings. The lowest BCUT2D eigenvalue weighted by Crippen LogP contribution is -2.45. The van der Waals surface area contributed by atoms with Crippen molar-refractivity contribution in [2.24, 2.45) is 0 Å². The number of carbonyl (C=O) groups excluding carboxylic acids is 1. The van der Waals surface area contributed by atoms with Crippen LogP contribution in [0.25, 0.3) is 5.69 Å². The lowest BCUT2D eigenvalue weighted by Gasteiger charge is -2.22. The van der Waals surface area contributed by atoms with Gasteiger partial charge in [0.05, 0.1) is 6.61 Å². The maximum absolute atomic E-state index is 14.0. The summed E-state index contributed by atoms with van der Waals surface area (Å²) in [6.07, 6.45) is 2.16. The topological polar surface area (TPSA) is 81.1 Å². The van der Waals surface area contributed by atoms with Crippen LogP contribution in [0.5, 0.6) is 0 Å². The number of nitrogens with one attached hydrogen (secondary N) is 2. The smallest absolute Gasteiger partial charge is 0.254 e. The number of halogens is 2. The highest BCUT2D eigenvalue weighted by Crippen LogP contribution is 2.17. The summed E-state index contributed by atoms with van der Waals surface area (Å²) in [5, 5.41) is 9.56. The molecule has 2 heterocycles. The summed E-state index contributed by atoms with van der Waals surface area (Å²) < 4.78 is 20.7. The second kappa shape index (κ2) is 7.30. The number of nitrogens with zero attached hydrogens (tertiary/aromatic N) is 3. The summed E-state index contributed by atoms with van der Waals surface area (Å²) >= 11 is 0. The van der Waals surface area contributed by atoms with Crippen LogP contribution in [-0.4, -0.2) is 46.5 Å². The van der Waals surface area contributed by atoms with Gasteiger partial charge in [0.15, 0.2) is 5.82 Å². The highest BCUT2D eigenvalue weighted by atomic mass is 35.5. The van der Waals surface area contributed by atoms with E-state index in [2.05, 4.69) is 20.7 Å². The molecule has 0 saturated carbocycles. The second-order valence-electron chi connectivity index (χ2n) is 4.56. The van der Waals surface area contributed by atoms with Crippen LogP contribution in [-0.2, 0) is 9.53 Å². The van der Waals surface area contributed by atoms with Gasteiger partial charge in [0.1, 0.15) is 24.4 Å². The largest absolute Gasteiger partial charge is 0.366 e. The lowest BCUT2D eigenvalue weighted by molar-refractivity contribution is -0.128. The highest BCUT2D eigenvalue weighted by molar-refractivity contribution is 5.94. The third-order valence-corrected chi connectivity index (χ3v) is 3.10. The number of hydrogen-bond donors (Lipinski definition) is 2. The molecule has 22 heavy (non-hydrogen) atoms. The maximum atomic E-state index is 14.0. The molecular formula is C13H15ClFN5O2. The zero-order valence-electron chi connectivity index (χ0n) is 11.5. The molecule has 2 aromatic rings. The number of hydrogen-bond acceptors (Lipinski definition) is 5. The number of rotatable bonds is 3. The summed E-state index contributed by atoms with van der Waals surface area (Å²) in [4.78, 5) is 15.7. The van der Waals surface area contributed by atoms with Gasteiger partial charge >= 0.3 is 0 Å². The Morgan fingerprint density at radius 1 is 1.50 bits per heavy atom. The SMILES string of the molecule is Cl.O=C(Nc1ccc(-n2cncn2)c(F)c1)[C@H]1CNCCO1. The third-order valence-electron chi connectivity index (χ3n) is 3.10. The first kappa shape index (κ1) is 16.3. The van der Waals surface area contributed by atoms with Crippen molar-refractivity contribution >= 4 is 24.0 Å². The van der Waals surface area contributed by atoms with Crippen molar-refractivity contribution in [1.29, 1.82) is 0 Å². The van der Waals surface area contributed by atoms with E-state index in [-0.39, 0.29) is 24.0 Å². The average Bonchev–Trinajstić information content (AvgIpc) is 3.02. The summed E-state index contributed by atoms with van der Waals surface area (Å²) in [5.74, 6) is -0.795. The molecule has 1 saturated heterocycles. The van der Waals surface area contributed by atoms with Gasteiger partial charge in [0, 0.05) is 18.8 Å². The predicted octanol–water partition coefficient (Wildman–Crippen LogP) is 0.755. The Labute approximate surface area is 132 Å². The fourth-order valence-electron chi connectivity index (χ4n) is 2.06. The Bertz CT molecular complexity index is 631. The summed E-state index contributed by atoms with van der Waals surface area (Å²) in [6, 6.07) is 4.37. The normalized spacial score (nSPS) is 17.6. The van der Waals surface area contributed by atoms with Crippen LogP contribution in [0.15, 0.2) is 30.9 Å². The molecule has 0 radical (unpaired) electrons. The molecular weight excluding hydrogens is 313 g/mol. The first-order valence-electron chi connectivity index (χ1n) is 6.52. The molecule has 0 aliphatic carbocycles. The molecule has 2 N–H and O–H groups in total. The standard InChI is InChI=1S/C13H14FN5O2.ClH/c14-10-5-9(1-2-11(10)19-8-16-7-17-19)18-13(20)12-6-15-3-4-21-12;/h1-2,5,7-8,12,15H,3-4,6H2,(H,18,20);1H/t12-;/m1./s1. The molecule has 0 spiro atoms. The average molecular weight is 328 g/mol. The summed E-state index contributed by atoms with van der Waals surface area (Å²) in [7, 11) is 0. The molecule has 0 bridgehead atoms. The Hall–Kier alpha value is -2.03. The molecule has 1 aliphatic heterocycles. The van der Waals surface area contributed by atoms with E-state index in [4.69, 9.17) is 4.74 Å². The number of ether oxygens (including phenoxy) is 1. The monoisotopic (exact) mass is 327 g/mol. The van der Waals surface area contributed by atoms with Crippen LogP contribution >= 0.6 is 12.4 Å². The number of benzene rings is 1. The van der Waals surface area contributed by atoms with Crippen molar-refractivity contribution < 1.29 is 13.9 Å². The van der Waals surface area contributed by atoms with E-state index in [1.165, 1.54) is 29.5 Å². The first-order valence-corrected chi connectivity index (χ1v) is 6.52. The van der Waals surface area contributed by atoms with E-state index in [0.29, 0.717) is 18.8 Å². The number of anilines is 1. The third kappa shape index (κ3) is 3.59. The zero-order valence-corrected chi connectivity index (χ0v) is 12.3. The molecule has 3 rings (SSSR count). The lowest BCUT2D eigenvalue weighted by atomic mass is 10.2. The number of amides is 1. The van der Waals surface area contributed by atoms with E-state index < -0.39 is 11.9 Å². The highest BCUT2D eigenvalue weighted by Gasteiger charge is 2.22. The molecule has 9 heteroatoms. The second-order valence-corrected chi connectivity index (χ2v) is 4.56. The van der Waals surface area contributed by atoms with Crippen molar-refractivity contribution in [3.05, 3.63) is 36.7 Å². The molecule has 1 aliphatic rings. The Balaban J connectivity index is 0.00000176. The van der Waals surface area contributed by atoms with Crippen LogP contribution in [0.3, 0.4) is 0 Å². The van der Waals surface area contributed by atoms with Crippen LogP contribution in [0.4, 0.5) is 10.1 Å². The van der Waals surface area contributed by atoms with Crippen LogP contribution < -0.4 is 10.6 Å². The fraction of sp³-hybridized carbons (Fsp3) is 0.308. The molecule has 1 atom stereocenters.